The van der Waals surface area contributed by atoms with Gasteiger partial charge in [0, 0.05) is 37.3 Å². The Labute approximate surface area is 138 Å². The summed E-state index contributed by atoms with van der Waals surface area (Å²) in [6.45, 7) is 3.53. The van der Waals surface area contributed by atoms with Gasteiger partial charge in [0.1, 0.15) is 0 Å². The summed E-state index contributed by atoms with van der Waals surface area (Å²) in [5.41, 5.74) is 1.86. The van der Waals surface area contributed by atoms with Crippen molar-refractivity contribution in [2.24, 2.45) is 0 Å². The maximum atomic E-state index is 5.22. The van der Waals surface area contributed by atoms with E-state index in [-0.39, 0.29) is 0 Å². The molecule has 1 aliphatic heterocycles. The van der Waals surface area contributed by atoms with Crippen LogP contribution < -0.4 is 20.3 Å². The van der Waals surface area contributed by atoms with Crippen LogP contribution in [0.1, 0.15) is 0 Å². The molecule has 24 heavy (non-hydrogen) atoms. The second-order valence-electron chi connectivity index (χ2n) is 5.48. The SMILES string of the molecule is COc1nc(Nc2ccc3[nH]ncc3c2)nc(N2CCNCC2)n1. The summed E-state index contributed by atoms with van der Waals surface area (Å²) in [5, 5.41) is 14.5. The first-order valence-electron chi connectivity index (χ1n) is 7.78. The van der Waals surface area contributed by atoms with Gasteiger partial charge in [-0.25, -0.2) is 0 Å². The number of H-pyrrole nitrogens is 1. The van der Waals surface area contributed by atoms with Gasteiger partial charge < -0.3 is 20.3 Å². The maximum absolute atomic E-state index is 5.22. The molecule has 0 bridgehead atoms. The molecule has 0 unspecified atom stereocenters. The highest BCUT2D eigenvalue weighted by Crippen LogP contribution is 2.21. The van der Waals surface area contributed by atoms with E-state index in [0.717, 1.165) is 42.8 Å². The van der Waals surface area contributed by atoms with E-state index in [1.165, 1.54) is 0 Å². The first kappa shape index (κ1) is 14.6. The number of aromatic nitrogens is 5. The number of benzene rings is 1. The Morgan fingerprint density at radius 1 is 1.17 bits per heavy atom. The van der Waals surface area contributed by atoms with E-state index in [1.807, 2.05) is 18.2 Å². The van der Waals surface area contributed by atoms with Gasteiger partial charge in [-0.3, -0.25) is 5.10 Å². The van der Waals surface area contributed by atoms with Gasteiger partial charge in [-0.05, 0) is 18.2 Å². The number of anilines is 3. The van der Waals surface area contributed by atoms with E-state index in [2.05, 4.69) is 40.7 Å². The van der Waals surface area contributed by atoms with E-state index < -0.39 is 0 Å². The van der Waals surface area contributed by atoms with Crippen molar-refractivity contribution in [3.8, 4) is 6.01 Å². The molecule has 0 spiro atoms. The normalized spacial score (nSPS) is 14.8. The molecular formula is C15H18N8O. The molecule has 124 valence electrons. The van der Waals surface area contributed by atoms with Crippen LogP contribution in [0.2, 0.25) is 0 Å². The Hall–Kier alpha value is -2.94. The predicted octanol–water partition coefficient (Wildman–Crippen LogP) is 0.910. The smallest absolute Gasteiger partial charge is 0.322 e. The van der Waals surface area contributed by atoms with E-state index in [4.69, 9.17) is 4.74 Å². The lowest BCUT2D eigenvalue weighted by Crippen LogP contribution is -2.44. The Morgan fingerprint density at radius 3 is 2.88 bits per heavy atom. The van der Waals surface area contributed by atoms with Gasteiger partial charge in [0.2, 0.25) is 11.9 Å². The van der Waals surface area contributed by atoms with Crippen molar-refractivity contribution < 1.29 is 4.74 Å². The molecule has 0 aliphatic carbocycles. The first-order valence-corrected chi connectivity index (χ1v) is 7.78. The van der Waals surface area contributed by atoms with Crippen LogP contribution in [0, 0.1) is 0 Å². The Bertz CT molecular complexity index is 842. The number of ether oxygens (including phenoxy) is 1. The van der Waals surface area contributed by atoms with Crippen molar-refractivity contribution in [3.63, 3.8) is 0 Å². The third kappa shape index (κ3) is 2.93. The van der Waals surface area contributed by atoms with E-state index in [0.29, 0.717) is 17.9 Å². The van der Waals surface area contributed by atoms with Gasteiger partial charge in [0.15, 0.2) is 0 Å². The third-order valence-electron chi connectivity index (χ3n) is 3.88. The minimum atomic E-state index is 0.297. The lowest BCUT2D eigenvalue weighted by Gasteiger charge is -2.27. The van der Waals surface area contributed by atoms with Crippen LogP contribution in [0.25, 0.3) is 10.9 Å². The van der Waals surface area contributed by atoms with E-state index in [1.54, 1.807) is 13.3 Å². The standard InChI is InChI=1S/C15H18N8O/c1-24-15-20-13(19-14(21-15)23-6-4-16-5-7-23)18-11-2-3-12-10(8-11)9-17-22-12/h2-3,8-9,16H,4-7H2,1H3,(H,17,22)(H,18,19,20,21). The van der Waals surface area contributed by atoms with Crippen LogP contribution in [0.4, 0.5) is 17.6 Å². The minimum absolute atomic E-state index is 0.297. The summed E-state index contributed by atoms with van der Waals surface area (Å²) in [7, 11) is 1.55. The molecule has 0 atom stereocenters. The summed E-state index contributed by atoms with van der Waals surface area (Å²) >= 11 is 0. The Balaban J connectivity index is 1.63. The van der Waals surface area contributed by atoms with Gasteiger partial charge in [0.25, 0.3) is 0 Å². The maximum Gasteiger partial charge on any atom is 0.322 e. The second-order valence-corrected chi connectivity index (χ2v) is 5.48. The van der Waals surface area contributed by atoms with Gasteiger partial charge in [0.05, 0.1) is 18.8 Å². The number of fused-ring (bicyclic) bond motifs is 1. The van der Waals surface area contributed by atoms with Crippen molar-refractivity contribution in [3.05, 3.63) is 24.4 Å². The summed E-state index contributed by atoms with van der Waals surface area (Å²) in [5.74, 6) is 1.08. The highest BCUT2D eigenvalue weighted by molar-refractivity contribution is 5.82. The largest absolute Gasteiger partial charge is 0.467 e. The highest BCUT2D eigenvalue weighted by atomic mass is 16.5. The molecule has 1 aliphatic rings. The average Bonchev–Trinajstić information content (AvgIpc) is 3.10. The van der Waals surface area contributed by atoms with Crippen LogP contribution in [-0.2, 0) is 0 Å². The molecule has 9 heteroatoms. The zero-order valence-corrected chi connectivity index (χ0v) is 13.3. The van der Waals surface area contributed by atoms with Crippen molar-refractivity contribution >= 4 is 28.5 Å². The molecule has 0 radical (unpaired) electrons. The molecule has 2 aromatic heterocycles. The zero-order chi connectivity index (χ0) is 16.4. The molecule has 1 fully saturated rings. The first-order chi connectivity index (χ1) is 11.8. The molecule has 0 saturated carbocycles. The minimum Gasteiger partial charge on any atom is -0.467 e. The molecule has 4 rings (SSSR count). The van der Waals surface area contributed by atoms with Crippen LogP contribution in [0.5, 0.6) is 6.01 Å². The van der Waals surface area contributed by atoms with Crippen LogP contribution in [0.3, 0.4) is 0 Å². The van der Waals surface area contributed by atoms with Crippen molar-refractivity contribution in [1.82, 2.24) is 30.5 Å². The number of hydrogen-bond donors (Lipinski definition) is 3. The van der Waals surface area contributed by atoms with Crippen LogP contribution in [-0.4, -0.2) is 58.4 Å². The summed E-state index contributed by atoms with van der Waals surface area (Å²) in [4.78, 5) is 15.3. The zero-order valence-electron chi connectivity index (χ0n) is 13.3. The molecule has 9 nitrogen and oxygen atoms in total. The molecule has 3 aromatic rings. The summed E-state index contributed by atoms with van der Waals surface area (Å²) < 4.78 is 5.22. The molecule has 0 amide bonds. The molecule has 1 aromatic carbocycles. The number of rotatable bonds is 4. The quantitative estimate of drug-likeness (QED) is 0.650. The Kier molecular flexibility index (Phi) is 3.83. The fourth-order valence-corrected chi connectivity index (χ4v) is 2.65. The number of nitrogens with zero attached hydrogens (tertiary/aromatic N) is 5. The number of nitrogens with one attached hydrogen (secondary N) is 3. The van der Waals surface area contributed by atoms with Gasteiger partial charge in [-0.1, -0.05) is 0 Å². The van der Waals surface area contributed by atoms with E-state index in [9.17, 15) is 0 Å². The lowest BCUT2D eigenvalue weighted by atomic mass is 10.2. The molecule has 1 saturated heterocycles. The third-order valence-corrected chi connectivity index (χ3v) is 3.88. The summed E-state index contributed by atoms with van der Waals surface area (Å²) in [6, 6.07) is 6.19. The van der Waals surface area contributed by atoms with E-state index >= 15 is 0 Å². The lowest BCUT2D eigenvalue weighted by molar-refractivity contribution is 0.378. The van der Waals surface area contributed by atoms with Crippen LogP contribution in [0.15, 0.2) is 24.4 Å². The van der Waals surface area contributed by atoms with Crippen molar-refractivity contribution in [1.29, 1.82) is 0 Å². The fraction of sp³-hybridized carbons (Fsp3) is 0.333. The van der Waals surface area contributed by atoms with Crippen molar-refractivity contribution in [2.45, 2.75) is 0 Å². The number of methoxy groups -OCH3 is 1. The molecular weight excluding hydrogens is 308 g/mol. The van der Waals surface area contributed by atoms with Gasteiger partial charge >= 0.3 is 6.01 Å². The predicted molar refractivity (Wildman–Crippen MR) is 90.8 cm³/mol. The fourth-order valence-electron chi connectivity index (χ4n) is 2.65. The number of piperazine rings is 1. The topological polar surface area (TPSA) is 104 Å². The van der Waals surface area contributed by atoms with Crippen LogP contribution >= 0.6 is 0 Å². The van der Waals surface area contributed by atoms with Gasteiger partial charge in [-0.2, -0.15) is 20.1 Å². The average molecular weight is 326 g/mol. The molecule has 3 N–H and O–H groups in total. The number of aromatic amines is 1. The Morgan fingerprint density at radius 2 is 2.04 bits per heavy atom. The van der Waals surface area contributed by atoms with Crippen molar-refractivity contribution in [2.75, 3.05) is 43.5 Å². The number of hydrogen-bond acceptors (Lipinski definition) is 8. The van der Waals surface area contributed by atoms with Gasteiger partial charge in [-0.15, -0.1) is 0 Å². The second kappa shape index (κ2) is 6.28. The highest BCUT2D eigenvalue weighted by Gasteiger charge is 2.16. The summed E-state index contributed by atoms with van der Waals surface area (Å²) in [6.07, 6.45) is 1.78. The molecule has 3 heterocycles. The monoisotopic (exact) mass is 326 g/mol.